The van der Waals surface area contributed by atoms with Crippen LogP contribution < -0.4 is 5.32 Å². The molecule has 2 aliphatic heterocycles. The summed E-state index contributed by atoms with van der Waals surface area (Å²) in [6.45, 7) is 3.84. The molecule has 2 saturated heterocycles. The normalized spacial score (nSPS) is 22.1. The van der Waals surface area contributed by atoms with Gasteiger partial charge < -0.3 is 10.2 Å². The summed E-state index contributed by atoms with van der Waals surface area (Å²) >= 11 is 0. The summed E-state index contributed by atoms with van der Waals surface area (Å²) < 4.78 is 0. The number of nitrogens with one attached hydrogen (secondary N) is 1. The van der Waals surface area contributed by atoms with Crippen molar-refractivity contribution < 1.29 is 9.59 Å². The molecule has 0 radical (unpaired) electrons. The van der Waals surface area contributed by atoms with Gasteiger partial charge in [0.1, 0.15) is 0 Å². The number of carbonyl (C=O) groups excluding carboxylic acids is 2. The number of hydrogen-bond acceptors (Lipinski definition) is 3. The van der Waals surface area contributed by atoms with Crippen molar-refractivity contribution in [2.24, 2.45) is 11.8 Å². The van der Waals surface area contributed by atoms with Crippen molar-refractivity contribution >= 4 is 28.3 Å². The summed E-state index contributed by atoms with van der Waals surface area (Å²) in [4.78, 5) is 31.2. The molecule has 0 saturated carbocycles. The van der Waals surface area contributed by atoms with E-state index in [1.807, 2.05) is 11.0 Å². The molecule has 1 aliphatic carbocycles. The second kappa shape index (κ2) is 10.1. The van der Waals surface area contributed by atoms with E-state index in [4.69, 9.17) is 0 Å². The van der Waals surface area contributed by atoms with Gasteiger partial charge in [-0.2, -0.15) is 0 Å². The lowest BCUT2D eigenvalue weighted by atomic mass is 9.87. The standard InChI is InChI=1S/C31H35N3O2/c35-30(32-29-13-12-24-8-5-9-26(24)18-29)27-17-28(31(36)34-14-3-4-15-34)21-33(20-27)19-22-10-11-23-6-1-2-7-25(23)16-22/h1-2,6-7,10-13,16,18,27-28H,3-5,8-9,14-15,17,19-21H2,(H,32,35)/t27-,28+/m1/s1. The molecule has 0 spiro atoms. The lowest BCUT2D eigenvalue weighted by Gasteiger charge is -2.38. The maximum Gasteiger partial charge on any atom is 0.228 e. The molecule has 1 N–H and O–H groups in total. The number of hydrogen-bond donors (Lipinski definition) is 1. The van der Waals surface area contributed by atoms with Crippen LogP contribution in [0.4, 0.5) is 5.69 Å². The molecule has 0 unspecified atom stereocenters. The van der Waals surface area contributed by atoms with E-state index in [0.29, 0.717) is 19.5 Å². The molecule has 5 heteroatoms. The molecular formula is C31H35N3O2. The van der Waals surface area contributed by atoms with Crippen LogP contribution in [0.25, 0.3) is 10.8 Å². The predicted molar refractivity (Wildman–Crippen MR) is 144 cm³/mol. The van der Waals surface area contributed by atoms with Gasteiger partial charge in [-0.05, 0) is 84.2 Å². The van der Waals surface area contributed by atoms with Crippen LogP contribution in [0.15, 0.2) is 60.7 Å². The number of carbonyl (C=O) groups is 2. The molecule has 3 aromatic carbocycles. The number of amides is 2. The highest BCUT2D eigenvalue weighted by molar-refractivity contribution is 5.93. The van der Waals surface area contributed by atoms with Crippen molar-refractivity contribution in [3.05, 3.63) is 77.4 Å². The van der Waals surface area contributed by atoms with E-state index in [1.54, 1.807) is 0 Å². The Bertz CT molecular complexity index is 1280. The van der Waals surface area contributed by atoms with Crippen LogP contribution in [0.3, 0.4) is 0 Å². The van der Waals surface area contributed by atoms with Crippen LogP contribution in [0.1, 0.15) is 42.4 Å². The van der Waals surface area contributed by atoms with Crippen molar-refractivity contribution in [2.75, 3.05) is 31.5 Å². The summed E-state index contributed by atoms with van der Waals surface area (Å²) in [6, 6.07) is 21.3. The van der Waals surface area contributed by atoms with Crippen molar-refractivity contribution in [3.63, 3.8) is 0 Å². The summed E-state index contributed by atoms with van der Waals surface area (Å²) in [5.41, 5.74) is 4.87. The largest absolute Gasteiger partial charge is 0.342 e. The molecule has 0 aromatic heterocycles. The number of anilines is 1. The van der Waals surface area contributed by atoms with E-state index in [9.17, 15) is 9.59 Å². The smallest absolute Gasteiger partial charge is 0.228 e. The fourth-order valence-corrected chi connectivity index (χ4v) is 6.37. The first-order valence-electron chi connectivity index (χ1n) is 13.5. The lowest BCUT2D eigenvalue weighted by Crippen LogP contribution is -2.49. The lowest BCUT2D eigenvalue weighted by molar-refractivity contribution is -0.138. The molecule has 186 valence electrons. The number of benzene rings is 3. The summed E-state index contributed by atoms with van der Waals surface area (Å²) in [7, 11) is 0. The number of fused-ring (bicyclic) bond motifs is 2. The fraction of sp³-hybridized carbons (Fsp3) is 0.419. The Hall–Kier alpha value is -3.18. The Morgan fingerprint density at radius 3 is 2.44 bits per heavy atom. The second-order valence-electron chi connectivity index (χ2n) is 10.9. The summed E-state index contributed by atoms with van der Waals surface area (Å²) in [6.07, 6.45) is 6.22. The quantitative estimate of drug-likeness (QED) is 0.556. The fourth-order valence-electron chi connectivity index (χ4n) is 6.37. The molecule has 2 atom stereocenters. The molecule has 0 bridgehead atoms. The van der Waals surface area contributed by atoms with Crippen LogP contribution in [-0.4, -0.2) is 47.8 Å². The van der Waals surface area contributed by atoms with E-state index in [-0.39, 0.29) is 23.7 Å². The van der Waals surface area contributed by atoms with Gasteiger partial charge in [-0.15, -0.1) is 0 Å². The highest BCUT2D eigenvalue weighted by Crippen LogP contribution is 2.29. The van der Waals surface area contributed by atoms with E-state index < -0.39 is 0 Å². The van der Waals surface area contributed by atoms with Crippen LogP contribution in [0, 0.1) is 11.8 Å². The molecule has 6 rings (SSSR count). The highest BCUT2D eigenvalue weighted by atomic mass is 16.2. The van der Waals surface area contributed by atoms with E-state index in [0.717, 1.165) is 51.0 Å². The van der Waals surface area contributed by atoms with Crippen LogP contribution in [0.5, 0.6) is 0 Å². The maximum atomic E-state index is 13.5. The Morgan fingerprint density at radius 1 is 0.806 bits per heavy atom. The van der Waals surface area contributed by atoms with Gasteiger partial charge in [-0.1, -0.05) is 42.5 Å². The van der Waals surface area contributed by atoms with Gasteiger partial charge in [0.05, 0.1) is 11.8 Å². The van der Waals surface area contributed by atoms with Gasteiger partial charge in [-0.3, -0.25) is 14.5 Å². The number of likely N-dealkylation sites (tertiary alicyclic amines) is 2. The van der Waals surface area contributed by atoms with E-state index >= 15 is 0 Å². The first kappa shape index (κ1) is 23.2. The van der Waals surface area contributed by atoms with Gasteiger partial charge in [0, 0.05) is 38.4 Å². The van der Waals surface area contributed by atoms with Crippen molar-refractivity contribution in [2.45, 2.75) is 45.1 Å². The van der Waals surface area contributed by atoms with Crippen molar-refractivity contribution in [1.29, 1.82) is 0 Å². The van der Waals surface area contributed by atoms with Gasteiger partial charge >= 0.3 is 0 Å². The number of rotatable bonds is 5. The molecule has 2 fully saturated rings. The van der Waals surface area contributed by atoms with E-state index in [2.05, 4.69) is 64.8 Å². The topological polar surface area (TPSA) is 52.7 Å². The van der Waals surface area contributed by atoms with Gasteiger partial charge in [0.2, 0.25) is 11.8 Å². The first-order chi connectivity index (χ1) is 17.6. The van der Waals surface area contributed by atoms with Crippen molar-refractivity contribution in [3.8, 4) is 0 Å². The third-order valence-corrected chi connectivity index (χ3v) is 8.25. The minimum atomic E-state index is -0.205. The number of aryl methyl sites for hydroxylation is 2. The molecule has 36 heavy (non-hydrogen) atoms. The first-order valence-corrected chi connectivity index (χ1v) is 13.5. The minimum Gasteiger partial charge on any atom is -0.342 e. The summed E-state index contributed by atoms with van der Waals surface area (Å²) in [5, 5.41) is 5.64. The average molecular weight is 482 g/mol. The van der Waals surface area contributed by atoms with Crippen LogP contribution in [0.2, 0.25) is 0 Å². The monoisotopic (exact) mass is 481 g/mol. The maximum absolute atomic E-state index is 13.5. The molecule has 2 heterocycles. The molecule has 2 amide bonds. The SMILES string of the molecule is O=C(Nc1ccc2c(c1)CCC2)[C@@H]1C[C@H](C(=O)N2CCCC2)CN(Cc2ccc3ccccc3c2)C1. The Kier molecular flexibility index (Phi) is 6.49. The Labute approximate surface area is 213 Å². The van der Waals surface area contributed by atoms with Gasteiger partial charge in [0.25, 0.3) is 0 Å². The zero-order valence-electron chi connectivity index (χ0n) is 20.9. The molecule has 3 aromatic rings. The van der Waals surface area contributed by atoms with Gasteiger partial charge in [0.15, 0.2) is 0 Å². The van der Waals surface area contributed by atoms with Crippen molar-refractivity contribution in [1.82, 2.24) is 9.80 Å². The molecular weight excluding hydrogens is 446 g/mol. The summed E-state index contributed by atoms with van der Waals surface area (Å²) in [5.74, 6) is -0.0708. The highest BCUT2D eigenvalue weighted by Gasteiger charge is 2.37. The van der Waals surface area contributed by atoms with Crippen LogP contribution >= 0.6 is 0 Å². The van der Waals surface area contributed by atoms with Crippen LogP contribution in [-0.2, 0) is 29.0 Å². The Morgan fingerprint density at radius 2 is 1.58 bits per heavy atom. The molecule has 3 aliphatic rings. The zero-order chi connectivity index (χ0) is 24.5. The second-order valence-corrected chi connectivity index (χ2v) is 10.9. The zero-order valence-corrected chi connectivity index (χ0v) is 20.9. The average Bonchev–Trinajstić information content (AvgIpc) is 3.60. The number of nitrogens with zero attached hydrogens (tertiary/aromatic N) is 2. The third kappa shape index (κ3) is 4.90. The minimum absolute atomic E-state index is 0.0374. The third-order valence-electron chi connectivity index (χ3n) is 8.25. The van der Waals surface area contributed by atoms with Gasteiger partial charge in [-0.25, -0.2) is 0 Å². The number of piperidine rings is 1. The Balaban J connectivity index is 1.20. The predicted octanol–water partition coefficient (Wildman–Crippen LogP) is 5.03. The van der Waals surface area contributed by atoms with E-state index in [1.165, 1.54) is 33.9 Å². The molecule has 5 nitrogen and oxygen atoms in total.